The SMILES string of the molecule is C=C(C)CN(CC)c1ccc(F)cc1C(C)NCC. The lowest BCUT2D eigenvalue weighted by molar-refractivity contribution is 0.581. The summed E-state index contributed by atoms with van der Waals surface area (Å²) in [6.07, 6.45) is 0. The lowest BCUT2D eigenvalue weighted by atomic mass is 10.0. The van der Waals surface area contributed by atoms with Crippen molar-refractivity contribution in [3.8, 4) is 0 Å². The van der Waals surface area contributed by atoms with E-state index in [1.54, 1.807) is 6.07 Å². The quantitative estimate of drug-likeness (QED) is 0.751. The zero-order valence-electron chi connectivity index (χ0n) is 12.5. The van der Waals surface area contributed by atoms with Gasteiger partial charge in [0.05, 0.1) is 0 Å². The van der Waals surface area contributed by atoms with Crippen LogP contribution < -0.4 is 10.2 Å². The van der Waals surface area contributed by atoms with Crippen molar-refractivity contribution in [2.75, 3.05) is 24.5 Å². The second-order valence-electron chi connectivity index (χ2n) is 4.95. The van der Waals surface area contributed by atoms with Crippen LogP contribution in [0, 0.1) is 5.82 Å². The Bertz CT molecular complexity index is 429. The van der Waals surface area contributed by atoms with Crippen LogP contribution in [0.3, 0.4) is 0 Å². The molecule has 1 atom stereocenters. The number of rotatable bonds is 7. The first-order valence-corrected chi connectivity index (χ1v) is 6.91. The Morgan fingerprint density at radius 3 is 2.63 bits per heavy atom. The molecule has 1 rings (SSSR count). The molecule has 0 fully saturated rings. The summed E-state index contributed by atoms with van der Waals surface area (Å²) in [6, 6.07) is 5.16. The normalized spacial score (nSPS) is 12.3. The zero-order chi connectivity index (χ0) is 14.4. The number of hydrogen-bond acceptors (Lipinski definition) is 2. The van der Waals surface area contributed by atoms with Gasteiger partial charge in [-0.1, -0.05) is 19.1 Å². The van der Waals surface area contributed by atoms with Crippen molar-refractivity contribution >= 4 is 5.69 Å². The van der Waals surface area contributed by atoms with E-state index in [4.69, 9.17) is 0 Å². The van der Waals surface area contributed by atoms with Gasteiger partial charge in [0.25, 0.3) is 0 Å². The van der Waals surface area contributed by atoms with Crippen molar-refractivity contribution in [3.05, 3.63) is 41.7 Å². The molecule has 0 heterocycles. The van der Waals surface area contributed by atoms with Gasteiger partial charge in [-0.3, -0.25) is 0 Å². The largest absolute Gasteiger partial charge is 0.368 e. The summed E-state index contributed by atoms with van der Waals surface area (Å²) in [5.41, 5.74) is 3.19. The van der Waals surface area contributed by atoms with E-state index < -0.39 is 0 Å². The van der Waals surface area contributed by atoms with Crippen LogP contribution in [0.4, 0.5) is 10.1 Å². The van der Waals surface area contributed by atoms with Crippen LogP contribution in [-0.4, -0.2) is 19.6 Å². The van der Waals surface area contributed by atoms with Crippen LogP contribution in [0.15, 0.2) is 30.4 Å². The standard InChI is InChI=1S/C16H25FN2/c1-6-18-13(5)15-10-14(17)8-9-16(15)19(7-2)11-12(3)4/h8-10,13,18H,3,6-7,11H2,1-2,4-5H3. The maximum absolute atomic E-state index is 13.5. The molecule has 0 saturated heterocycles. The van der Waals surface area contributed by atoms with Gasteiger partial charge in [-0.05, 0) is 51.1 Å². The Labute approximate surface area is 116 Å². The summed E-state index contributed by atoms with van der Waals surface area (Å²) in [7, 11) is 0. The van der Waals surface area contributed by atoms with E-state index in [2.05, 4.69) is 37.6 Å². The van der Waals surface area contributed by atoms with E-state index in [0.717, 1.165) is 36.5 Å². The smallest absolute Gasteiger partial charge is 0.123 e. The number of nitrogens with one attached hydrogen (secondary N) is 1. The molecule has 2 nitrogen and oxygen atoms in total. The molecular formula is C16H25FN2. The fourth-order valence-corrected chi connectivity index (χ4v) is 2.27. The average molecular weight is 264 g/mol. The van der Waals surface area contributed by atoms with Gasteiger partial charge < -0.3 is 10.2 Å². The van der Waals surface area contributed by atoms with Gasteiger partial charge in [0.15, 0.2) is 0 Å². The summed E-state index contributed by atoms with van der Waals surface area (Å²) in [4.78, 5) is 2.23. The molecule has 0 aromatic heterocycles. The first kappa shape index (κ1) is 15.7. The second kappa shape index (κ2) is 7.29. The predicted molar refractivity (Wildman–Crippen MR) is 81.2 cm³/mol. The first-order valence-electron chi connectivity index (χ1n) is 6.91. The molecule has 0 aliphatic rings. The van der Waals surface area contributed by atoms with Crippen LogP contribution >= 0.6 is 0 Å². The molecule has 3 heteroatoms. The summed E-state index contributed by atoms with van der Waals surface area (Å²) in [6.45, 7) is 14.8. The van der Waals surface area contributed by atoms with Gasteiger partial charge in [-0.25, -0.2) is 4.39 Å². The molecule has 0 amide bonds. The molecule has 1 N–H and O–H groups in total. The van der Waals surface area contributed by atoms with Gasteiger partial charge in [0.2, 0.25) is 0 Å². The highest BCUT2D eigenvalue weighted by Crippen LogP contribution is 2.27. The van der Waals surface area contributed by atoms with Crippen LogP contribution in [0.5, 0.6) is 0 Å². The van der Waals surface area contributed by atoms with E-state index in [-0.39, 0.29) is 11.9 Å². The number of benzene rings is 1. The number of hydrogen-bond donors (Lipinski definition) is 1. The summed E-state index contributed by atoms with van der Waals surface area (Å²) < 4.78 is 13.5. The molecule has 1 unspecified atom stereocenters. The highest BCUT2D eigenvalue weighted by molar-refractivity contribution is 5.56. The van der Waals surface area contributed by atoms with Gasteiger partial charge in [-0.15, -0.1) is 0 Å². The van der Waals surface area contributed by atoms with Crippen molar-refractivity contribution in [3.63, 3.8) is 0 Å². The summed E-state index contributed by atoms with van der Waals surface area (Å²) in [5, 5.41) is 3.35. The molecule has 0 spiro atoms. The Morgan fingerprint density at radius 1 is 1.42 bits per heavy atom. The molecule has 0 radical (unpaired) electrons. The second-order valence-corrected chi connectivity index (χ2v) is 4.95. The molecular weight excluding hydrogens is 239 g/mol. The van der Waals surface area contributed by atoms with E-state index >= 15 is 0 Å². The van der Waals surface area contributed by atoms with E-state index in [0.29, 0.717) is 0 Å². The fraction of sp³-hybridized carbons (Fsp3) is 0.500. The number of nitrogens with zero attached hydrogens (tertiary/aromatic N) is 1. The van der Waals surface area contributed by atoms with E-state index in [9.17, 15) is 4.39 Å². The maximum Gasteiger partial charge on any atom is 0.123 e. The monoisotopic (exact) mass is 264 g/mol. The molecule has 1 aromatic rings. The Kier molecular flexibility index (Phi) is 6.03. The van der Waals surface area contributed by atoms with Crippen LogP contribution in [0.1, 0.15) is 39.3 Å². The van der Waals surface area contributed by atoms with Gasteiger partial charge >= 0.3 is 0 Å². The molecule has 106 valence electrons. The Balaban J connectivity index is 3.13. The van der Waals surface area contributed by atoms with E-state index in [1.165, 1.54) is 6.07 Å². The molecule has 0 bridgehead atoms. The summed E-state index contributed by atoms with van der Waals surface area (Å²) >= 11 is 0. The fourth-order valence-electron chi connectivity index (χ4n) is 2.27. The minimum atomic E-state index is -0.185. The van der Waals surface area contributed by atoms with Crippen molar-refractivity contribution in [2.45, 2.75) is 33.7 Å². The molecule has 0 aliphatic carbocycles. The third-order valence-electron chi connectivity index (χ3n) is 3.15. The molecule has 0 saturated carbocycles. The van der Waals surface area contributed by atoms with E-state index in [1.807, 2.05) is 13.0 Å². The van der Waals surface area contributed by atoms with Crippen molar-refractivity contribution in [2.24, 2.45) is 0 Å². The molecule has 1 aromatic carbocycles. The predicted octanol–water partition coefficient (Wildman–Crippen LogP) is 3.90. The maximum atomic E-state index is 13.5. The summed E-state index contributed by atoms with van der Waals surface area (Å²) in [5.74, 6) is -0.185. The number of anilines is 1. The van der Waals surface area contributed by atoms with Crippen molar-refractivity contribution in [1.29, 1.82) is 0 Å². The average Bonchev–Trinajstić information content (AvgIpc) is 2.36. The highest BCUT2D eigenvalue weighted by Gasteiger charge is 2.15. The van der Waals surface area contributed by atoms with Gasteiger partial charge in [-0.2, -0.15) is 0 Å². The van der Waals surface area contributed by atoms with Crippen molar-refractivity contribution in [1.82, 2.24) is 5.32 Å². The topological polar surface area (TPSA) is 15.3 Å². The lowest BCUT2D eigenvalue weighted by Gasteiger charge is -2.28. The lowest BCUT2D eigenvalue weighted by Crippen LogP contribution is -2.28. The van der Waals surface area contributed by atoms with Crippen LogP contribution in [-0.2, 0) is 0 Å². The number of halogens is 1. The number of likely N-dealkylation sites (N-methyl/N-ethyl adjacent to an activating group) is 1. The Morgan fingerprint density at radius 2 is 2.11 bits per heavy atom. The minimum Gasteiger partial charge on any atom is -0.368 e. The first-order chi connectivity index (χ1) is 8.99. The third kappa shape index (κ3) is 4.35. The minimum absolute atomic E-state index is 0.134. The van der Waals surface area contributed by atoms with Crippen LogP contribution in [0.25, 0.3) is 0 Å². The molecule has 0 aliphatic heterocycles. The van der Waals surface area contributed by atoms with Crippen molar-refractivity contribution < 1.29 is 4.39 Å². The van der Waals surface area contributed by atoms with Crippen LogP contribution in [0.2, 0.25) is 0 Å². The van der Waals surface area contributed by atoms with Gasteiger partial charge in [0.1, 0.15) is 5.82 Å². The Hall–Kier alpha value is -1.35. The highest BCUT2D eigenvalue weighted by atomic mass is 19.1. The third-order valence-corrected chi connectivity index (χ3v) is 3.15. The zero-order valence-corrected chi connectivity index (χ0v) is 12.5. The van der Waals surface area contributed by atoms with Gasteiger partial charge in [0, 0.05) is 24.8 Å². The molecule has 19 heavy (non-hydrogen) atoms.